The first-order chi connectivity index (χ1) is 73.9. The number of para-hydroxylation sites is 7. The van der Waals surface area contributed by atoms with Gasteiger partial charge in [0.15, 0.2) is 17.5 Å². The molecule has 0 saturated heterocycles. The lowest BCUT2D eigenvalue weighted by atomic mass is 9.82. The van der Waals surface area contributed by atoms with Crippen LogP contribution in [0.25, 0.3) is 277 Å². The summed E-state index contributed by atoms with van der Waals surface area (Å²) in [6.07, 6.45) is 0. The van der Waals surface area contributed by atoms with Crippen LogP contribution in [0.2, 0.25) is 0 Å². The largest absolute Gasteiger partial charge is 0.309 e. The Kier molecular flexibility index (Phi) is 19.8. The number of nitrogens with zero attached hydrogens (tertiary/aromatic N) is 9. The highest BCUT2D eigenvalue weighted by atomic mass is 32.1. The molecule has 0 fully saturated rings. The predicted molar refractivity (Wildman–Crippen MR) is 633 cm³/mol. The summed E-state index contributed by atoms with van der Waals surface area (Å²) in [4.78, 5) is 30.9. The minimum Gasteiger partial charge on any atom is -0.309 e. The van der Waals surface area contributed by atoms with Crippen LogP contribution in [0.15, 0.2) is 467 Å². The van der Waals surface area contributed by atoms with E-state index in [0.717, 1.165) is 101 Å². The van der Waals surface area contributed by atoms with Crippen LogP contribution < -0.4 is 0 Å². The second kappa shape index (κ2) is 34.2. The Morgan fingerprint density at radius 1 is 0.173 bits per heavy atom. The van der Waals surface area contributed by atoms with E-state index in [1.54, 1.807) is 0 Å². The van der Waals surface area contributed by atoms with Gasteiger partial charge in [-0.3, -0.25) is 0 Å². The molecule has 0 atom stereocenters. The lowest BCUT2D eigenvalue weighted by molar-refractivity contribution is 0.660. The zero-order valence-electron chi connectivity index (χ0n) is 82.2. The van der Waals surface area contributed by atoms with Crippen LogP contribution in [-0.4, -0.2) is 43.6 Å². The second-order valence-electron chi connectivity index (χ2n) is 40.5. The molecular formula is C138H89N9S3. The first-order valence-corrected chi connectivity index (χ1v) is 53.6. The highest BCUT2D eigenvalue weighted by Gasteiger charge is 2.38. The van der Waals surface area contributed by atoms with Crippen molar-refractivity contribution in [2.75, 3.05) is 0 Å². The zero-order valence-corrected chi connectivity index (χ0v) is 84.7. The van der Waals surface area contributed by atoms with Crippen LogP contribution in [0.3, 0.4) is 0 Å². The molecule has 0 saturated carbocycles. The SMILES string of the molecule is CC1(C)c2ccccc2-c2cc(-n3c4ccccc4c4c5sc6c(-c7nc(-c8ccccc8)c8ccccc8n7)cccc6c5ccc43)ccc21.CC1(C)c2ccccc2-c2ccc(-n3c4ccccc4c4c5sc6c(-c7nc(-c8ccccc8)c8ccccc8n7)cccc6c5ccc43)cc21.c1ccc(-c2nc(-c3ccc(-c4cccc5c4sc4c5ccc5c4c4ccccc4n5-c4ccccc4)cc3)nc3ccccc23)cc1. The summed E-state index contributed by atoms with van der Waals surface area (Å²) >= 11 is 5.62. The van der Waals surface area contributed by atoms with E-state index < -0.39 is 0 Å². The number of benzene rings is 21. The third-order valence-corrected chi connectivity index (χ3v) is 35.3. The van der Waals surface area contributed by atoms with Crippen molar-refractivity contribution in [1.29, 1.82) is 0 Å². The number of aromatic nitrogens is 9. The Hall–Kier alpha value is -18.3. The Bertz CT molecular complexity index is 10900. The van der Waals surface area contributed by atoms with Crippen molar-refractivity contribution in [1.82, 2.24) is 43.6 Å². The second-order valence-corrected chi connectivity index (χ2v) is 43.5. The lowest BCUT2D eigenvalue weighted by Crippen LogP contribution is -2.15. The maximum absolute atomic E-state index is 5.26. The molecule has 0 aliphatic heterocycles. The maximum Gasteiger partial charge on any atom is 0.161 e. The summed E-state index contributed by atoms with van der Waals surface area (Å²) in [5.41, 5.74) is 36.3. The van der Waals surface area contributed by atoms with Crippen molar-refractivity contribution in [2.45, 2.75) is 38.5 Å². The number of rotatable bonds is 10. The Morgan fingerprint density at radius 2 is 0.480 bits per heavy atom. The van der Waals surface area contributed by atoms with Gasteiger partial charge in [-0.25, -0.2) is 29.9 Å². The number of fused-ring (bicyclic) bond motifs is 30. The molecule has 0 amide bonds. The molecular weight excluding hydrogens is 1880 g/mol. The van der Waals surface area contributed by atoms with Gasteiger partial charge in [0.1, 0.15) is 0 Å². The van der Waals surface area contributed by atoms with Gasteiger partial charge >= 0.3 is 0 Å². The number of thiophene rings is 3. The highest BCUT2D eigenvalue weighted by molar-refractivity contribution is 7.28. The van der Waals surface area contributed by atoms with E-state index in [9.17, 15) is 0 Å². The first-order valence-electron chi connectivity index (χ1n) is 51.2. The summed E-state index contributed by atoms with van der Waals surface area (Å²) in [5, 5.41) is 18.5. The normalized spacial score (nSPS) is 12.9. The topological polar surface area (TPSA) is 92.1 Å². The monoisotopic (exact) mass is 1970 g/mol. The summed E-state index contributed by atoms with van der Waals surface area (Å²) in [5.74, 6) is 2.24. The number of hydrogen-bond donors (Lipinski definition) is 0. The minimum absolute atomic E-state index is 0.0250. The fourth-order valence-electron chi connectivity index (χ4n) is 24.4. The third-order valence-electron chi connectivity index (χ3n) is 31.5. The van der Waals surface area contributed by atoms with E-state index in [4.69, 9.17) is 29.9 Å². The number of hydrogen-bond acceptors (Lipinski definition) is 9. The van der Waals surface area contributed by atoms with E-state index in [0.29, 0.717) is 0 Å². The van der Waals surface area contributed by atoms with Gasteiger partial charge in [-0.1, -0.05) is 392 Å². The standard InChI is InChI=1S/2C47H31N3S.C44H27N3S/c1-47(2)37-20-9-6-15-30(37)36-27-29(23-25-38(36)47)50-40-22-11-8-17-34(40)42-41(50)26-24-32-31-18-12-19-35(44(31)51-45(32)42)46-48-39-21-10-7-16-33(39)43(49-46)28-13-4-3-5-14-28;1-47(2)37-20-9-6-15-30(37)31-24-23-29(27-38(31)47)50-40-22-11-8-17-35(40)42-41(50)26-25-33-32-18-12-19-36(44(32)51-45(33)42)46-48-39-21-10-7-16-34(39)43(49-46)28-13-4-3-5-14-28;1-3-12-29(13-4-1)41-35-16-7-9-20-37(35)45-44(46-41)30-24-22-28(23-25-30)32-18-11-19-33-34-26-27-39-40(43(34)48-42(32)33)36-17-8-10-21-38(36)47(39)31-14-5-2-6-15-31/h2*3-27H,1-2H3;1-27H. The lowest BCUT2D eigenvalue weighted by Gasteiger charge is -2.22. The van der Waals surface area contributed by atoms with Crippen LogP contribution >= 0.6 is 34.0 Å². The molecule has 9 aromatic heterocycles. The molecule has 0 radical (unpaired) electrons. The molecule has 0 bridgehead atoms. The van der Waals surface area contributed by atoms with Crippen LogP contribution in [0.1, 0.15) is 49.9 Å². The van der Waals surface area contributed by atoms with E-state index in [2.05, 4.69) is 478 Å². The van der Waals surface area contributed by atoms with Gasteiger partial charge in [-0.15, -0.1) is 34.0 Å². The summed E-state index contributed by atoms with van der Waals surface area (Å²) < 4.78 is 15.0. The molecule has 0 spiro atoms. The van der Waals surface area contributed by atoms with E-state index in [1.165, 1.54) is 199 Å². The van der Waals surface area contributed by atoms with Gasteiger partial charge in [0.2, 0.25) is 0 Å². The fourth-order valence-corrected chi connectivity index (χ4v) is 28.6. The molecule has 21 aromatic carbocycles. The average Bonchev–Trinajstić information content (AvgIpc) is 1.50. The summed E-state index contributed by atoms with van der Waals surface area (Å²) in [6, 6.07) is 168. The molecule has 2 aliphatic carbocycles. The molecule has 150 heavy (non-hydrogen) atoms. The van der Waals surface area contributed by atoms with Crippen molar-refractivity contribution in [2.24, 2.45) is 0 Å². The van der Waals surface area contributed by atoms with Crippen molar-refractivity contribution in [3.63, 3.8) is 0 Å². The van der Waals surface area contributed by atoms with Gasteiger partial charge in [-0.2, -0.15) is 0 Å². The molecule has 2 aliphatic rings. The van der Waals surface area contributed by atoms with Crippen molar-refractivity contribution < 1.29 is 0 Å². The molecule has 0 N–H and O–H groups in total. The van der Waals surface area contributed by atoms with Crippen molar-refractivity contribution >= 4 is 193 Å². The van der Waals surface area contributed by atoms with Crippen molar-refractivity contribution in [3.05, 3.63) is 489 Å². The predicted octanol–water partition coefficient (Wildman–Crippen LogP) is 37.6. The molecule has 9 nitrogen and oxygen atoms in total. The highest BCUT2D eigenvalue weighted by Crippen LogP contribution is 2.56. The Balaban J connectivity index is 0.000000103. The zero-order chi connectivity index (χ0) is 99.3. The summed E-state index contributed by atoms with van der Waals surface area (Å²) in [6.45, 7) is 9.40. The molecule has 12 heteroatoms. The van der Waals surface area contributed by atoms with Gasteiger partial charge in [-0.05, 0) is 159 Å². The fraction of sp³-hybridized carbons (Fsp3) is 0.0435. The van der Waals surface area contributed by atoms with Crippen molar-refractivity contribution in [3.8, 4) is 118 Å². The van der Waals surface area contributed by atoms with Crippen LogP contribution in [-0.2, 0) is 10.8 Å². The third kappa shape index (κ3) is 13.5. The van der Waals surface area contributed by atoms with E-state index in [-0.39, 0.29) is 10.8 Å². The van der Waals surface area contributed by atoms with Crippen LogP contribution in [0.5, 0.6) is 0 Å². The molecule has 9 heterocycles. The van der Waals surface area contributed by atoms with Crippen LogP contribution in [0.4, 0.5) is 0 Å². The van der Waals surface area contributed by atoms with E-state index in [1.807, 2.05) is 64.3 Å². The van der Waals surface area contributed by atoms with Gasteiger partial charge in [0.25, 0.3) is 0 Å². The van der Waals surface area contributed by atoms with Gasteiger partial charge in [0, 0.05) is 170 Å². The Morgan fingerprint density at radius 3 is 0.933 bits per heavy atom. The van der Waals surface area contributed by atoms with Crippen LogP contribution in [0, 0.1) is 0 Å². The van der Waals surface area contributed by atoms with Gasteiger partial charge in [0.05, 0.1) is 66.7 Å². The molecule has 32 rings (SSSR count). The molecule has 704 valence electrons. The average molecular weight is 1970 g/mol. The minimum atomic E-state index is -0.0684. The van der Waals surface area contributed by atoms with E-state index >= 15 is 0 Å². The maximum atomic E-state index is 5.26. The quantitative estimate of drug-likeness (QED) is 0.135. The summed E-state index contributed by atoms with van der Waals surface area (Å²) in [7, 11) is 0. The molecule has 30 aromatic rings. The molecule has 0 unspecified atom stereocenters. The Labute approximate surface area is 875 Å². The first kappa shape index (κ1) is 87.1. The van der Waals surface area contributed by atoms with Gasteiger partial charge < -0.3 is 13.7 Å². The smallest absolute Gasteiger partial charge is 0.161 e.